The predicted molar refractivity (Wildman–Crippen MR) is 91.0 cm³/mol. The van der Waals surface area contributed by atoms with Crippen molar-refractivity contribution < 1.29 is 19.8 Å². The van der Waals surface area contributed by atoms with E-state index in [1.54, 1.807) is 13.8 Å². The zero-order valence-corrected chi connectivity index (χ0v) is 14.6. The number of aliphatic hydroxyl groups excluding tert-OH is 1. The Kier molecular flexibility index (Phi) is 15.0. The lowest BCUT2D eigenvalue weighted by molar-refractivity contribution is -0.143. The van der Waals surface area contributed by atoms with Crippen LogP contribution >= 0.6 is 0 Å². The van der Waals surface area contributed by atoms with Crippen molar-refractivity contribution in [3.8, 4) is 0 Å². The summed E-state index contributed by atoms with van der Waals surface area (Å²) in [5, 5.41) is 22.4. The van der Waals surface area contributed by atoms with Crippen LogP contribution in [-0.2, 0) is 9.59 Å². The number of carbonyl (C=O) groups excluding carboxylic acids is 1. The van der Waals surface area contributed by atoms with Crippen molar-refractivity contribution in [2.45, 2.75) is 46.2 Å². The standard InChI is InChI=1S/C11H22N2O3.C4H11N2O/c1-6(2)5-8(12)10(14)13-9(7(3)4)11(15)16;5-1-2-6-3-4-7/h6-9H,5,12H2,1-4H3,(H,13,14)(H,15,16);5-7H,1-4H2/q;-1/t8-,9-;/m0./s1. The first kappa shape index (κ1) is 24.0. The predicted octanol–water partition coefficient (Wildman–Crippen LogP) is 0.206. The number of carboxylic acid groups (broad SMARTS) is 1. The van der Waals surface area contributed by atoms with Crippen LogP contribution in [0.15, 0.2) is 0 Å². The number of amides is 1. The number of nitrogens with one attached hydrogen (secondary N) is 3. The third kappa shape index (κ3) is 14.1. The maximum Gasteiger partial charge on any atom is 0.326 e. The SMILES string of the molecule is CC(C)C[C@H](N)C(=O)N[C@H](C(=O)O)C(C)C.[NH-]CCNCCO. The first-order chi connectivity index (χ1) is 10.7. The van der Waals surface area contributed by atoms with Gasteiger partial charge in [0, 0.05) is 6.54 Å². The highest BCUT2D eigenvalue weighted by molar-refractivity contribution is 5.86. The van der Waals surface area contributed by atoms with Crippen LogP contribution in [0.1, 0.15) is 34.1 Å². The molecule has 0 aromatic carbocycles. The van der Waals surface area contributed by atoms with E-state index in [1.807, 2.05) is 13.8 Å². The molecule has 8 heteroatoms. The molecule has 23 heavy (non-hydrogen) atoms. The molecule has 0 heterocycles. The zero-order valence-electron chi connectivity index (χ0n) is 14.6. The fraction of sp³-hybridized carbons (Fsp3) is 0.867. The molecule has 0 unspecified atom stereocenters. The van der Waals surface area contributed by atoms with Gasteiger partial charge in [-0.05, 0) is 24.8 Å². The monoisotopic (exact) mass is 333 g/mol. The number of nitrogens with two attached hydrogens (primary N) is 1. The van der Waals surface area contributed by atoms with E-state index in [4.69, 9.17) is 21.7 Å². The summed E-state index contributed by atoms with van der Waals surface area (Å²) < 4.78 is 0. The zero-order chi connectivity index (χ0) is 18.4. The Labute approximate surface area is 139 Å². The molecule has 0 radical (unpaired) electrons. The van der Waals surface area contributed by atoms with Crippen molar-refractivity contribution >= 4 is 11.9 Å². The molecule has 0 spiro atoms. The van der Waals surface area contributed by atoms with Crippen LogP contribution in [0.5, 0.6) is 0 Å². The summed E-state index contributed by atoms with van der Waals surface area (Å²) in [5.41, 5.74) is 12.3. The topological polar surface area (TPSA) is 148 Å². The van der Waals surface area contributed by atoms with Crippen LogP contribution in [-0.4, -0.2) is 60.4 Å². The van der Waals surface area contributed by atoms with Crippen LogP contribution in [0.4, 0.5) is 0 Å². The van der Waals surface area contributed by atoms with Crippen LogP contribution in [0.2, 0.25) is 0 Å². The lowest BCUT2D eigenvalue weighted by Crippen LogP contribution is -2.50. The number of hydrogen-bond donors (Lipinski definition) is 5. The molecule has 1 amide bonds. The number of carbonyl (C=O) groups is 2. The number of carboxylic acids is 1. The van der Waals surface area contributed by atoms with Gasteiger partial charge in [0.05, 0.1) is 12.6 Å². The van der Waals surface area contributed by atoms with Gasteiger partial charge in [0.2, 0.25) is 5.91 Å². The van der Waals surface area contributed by atoms with E-state index in [-0.39, 0.29) is 12.5 Å². The molecule has 0 aliphatic rings. The summed E-state index contributed by atoms with van der Waals surface area (Å²) in [7, 11) is 0. The van der Waals surface area contributed by atoms with Gasteiger partial charge < -0.3 is 32.3 Å². The Morgan fingerprint density at radius 1 is 1.17 bits per heavy atom. The molecule has 2 atom stereocenters. The lowest BCUT2D eigenvalue weighted by atomic mass is 10.0. The van der Waals surface area contributed by atoms with Gasteiger partial charge in [-0.1, -0.05) is 27.7 Å². The number of aliphatic carboxylic acids is 1. The fourth-order valence-electron chi connectivity index (χ4n) is 1.68. The Morgan fingerprint density at radius 3 is 2.09 bits per heavy atom. The van der Waals surface area contributed by atoms with E-state index < -0.39 is 24.0 Å². The minimum absolute atomic E-state index is 0.160. The Bertz CT molecular complexity index is 321. The largest absolute Gasteiger partial charge is 0.676 e. The van der Waals surface area contributed by atoms with Crippen molar-refractivity contribution in [2.24, 2.45) is 17.6 Å². The van der Waals surface area contributed by atoms with Gasteiger partial charge in [0.25, 0.3) is 0 Å². The van der Waals surface area contributed by atoms with E-state index in [0.717, 1.165) is 0 Å². The van der Waals surface area contributed by atoms with Crippen molar-refractivity contribution in [1.82, 2.24) is 10.6 Å². The van der Waals surface area contributed by atoms with E-state index in [1.165, 1.54) is 0 Å². The summed E-state index contributed by atoms with van der Waals surface area (Å²) in [6, 6.07) is -1.51. The molecule has 0 aromatic heterocycles. The van der Waals surface area contributed by atoms with Gasteiger partial charge in [-0.15, -0.1) is 6.54 Å². The molecular formula is C15H33N4O4-. The minimum Gasteiger partial charge on any atom is -0.676 e. The Balaban J connectivity index is 0. The van der Waals surface area contributed by atoms with E-state index in [9.17, 15) is 9.59 Å². The second-order valence-electron chi connectivity index (χ2n) is 6.03. The molecule has 0 aliphatic carbocycles. The maximum atomic E-state index is 11.6. The highest BCUT2D eigenvalue weighted by atomic mass is 16.4. The molecule has 0 fully saturated rings. The van der Waals surface area contributed by atoms with Crippen molar-refractivity contribution in [2.75, 3.05) is 26.2 Å². The third-order valence-electron chi connectivity index (χ3n) is 2.88. The molecule has 0 saturated carbocycles. The summed E-state index contributed by atoms with van der Waals surface area (Å²) in [6.07, 6.45) is 0.552. The summed E-state index contributed by atoms with van der Waals surface area (Å²) >= 11 is 0. The van der Waals surface area contributed by atoms with Gasteiger partial charge in [-0.25, -0.2) is 4.79 Å². The van der Waals surface area contributed by atoms with Gasteiger partial charge >= 0.3 is 5.97 Å². The average molecular weight is 333 g/mol. The van der Waals surface area contributed by atoms with Crippen LogP contribution in [0.25, 0.3) is 5.73 Å². The molecule has 7 N–H and O–H groups in total. The number of hydrogen-bond acceptors (Lipinski definition) is 5. The quantitative estimate of drug-likeness (QED) is 0.361. The van der Waals surface area contributed by atoms with E-state index in [2.05, 4.69) is 10.6 Å². The van der Waals surface area contributed by atoms with Crippen LogP contribution in [0.3, 0.4) is 0 Å². The molecule has 0 aromatic rings. The summed E-state index contributed by atoms with van der Waals surface area (Å²) in [6.45, 7) is 9.26. The maximum absolute atomic E-state index is 11.6. The van der Waals surface area contributed by atoms with Gasteiger partial charge in [-0.3, -0.25) is 4.79 Å². The van der Waals surface area contributed by atoms with Gasteiger partial charge in [0.1, 0.15) is 6.04 Å². The summed E-state index contributed by atoms with van der Waals surface area (Å²) in [5.74, 6) is -1.27. The molecule has 138 valence electrons. The fourth-order valence-corrected chi connectivity index (χ4v) is 1.68. The highest BCUT2D eigenvalue weighted by Gasteiger charge is 2.25. The molecule has 0 bridgehead atoms. The molecule has 0 rings (SSSR count). The molecule has 8 nitrogen and oxygen atoms in total. The molecule has 0 aliphatic heterocycles. The number of rotatable bonds is 10. The minimum atomic E-state index is -1.03. The Hall–Kier alpha value is -1.22. The highest BCUT2D eigenvalue weighted by Crippen LogP contribution is 2.05. The first-order valence-corrected chi connectivity index (χ1v) is 7.92. The average Bonchev–Trinajstić information content (AvgIpc) is 2.44. The summed E-state index contributed by atoms with van der Waals surface area (Å²) in [4.78, 5) is 22.5. The van der Waals surface area contributed by atoms with Crippen molar-refractivity contribution in [3.63, 3.8) is 0 Å². The van der Waals surface area contributed by atoms with E-state index in [0.29, 0.717) is 32.0 Å². The van der Waals surface area contributed by atoms with Crippen molar-refractivity contribution in [1.29, 1.82) is 0 Å². The number of aliphatic hydroxyl groups is 1. The van der Waals surface area contributed by atoms with Crippen LogP contribution < -0.4 is 16.4 Å². The third-order valence-corrected chi connectivity index (χ3v) is 2.88. The van der Waals surface area contributed by atoms with Gasteiger partial charge in [0.15, 0.2) is 0 Å². The normalized spacial score (nSPS) is 13.3. The smallest absolute Gasteiger partial charge is 0.326 e. The second-order valence-corrected chi connectivity index (χ2v) is 6.03. The van der Waals surface area contributed by atoms with Gasteiger partial charge in [-0.2, -0.15) is 0 Å². The second kappa shape index (κ2) is 14.4. The van der Waals surface area contributed by atoms with Crippen molar-refractivity contribution in [3.05, 3.63) is 5.73 Å². The van der Waals surface area contributed by atoms with E-state index >= 15 is 0 Å². The Morgan fingerprint density at radius 2 is 1.74 bits per heavy atom. The molecular weight excluding hydrogens is 300 g/mol. The lowest BCUT2D eigenvalue weighted by Gasteiger charge is -2.21. The van der Waals surface area contributed by atoms with Crippen LogP contribution in [0, 0.1) is 11.8 Å². The molecule has 0 saturated heterocycles. The first-order valence-electron chi connectivity index (χ1n) is 7.92.